The fourth-order valence-corrected chi connectivity index (χ4v) is 2.46. The van der Waals surface area contributed by atoms with Gasteiger partial charge in [-0.1, -0.05) is 12.1 Å². The third-order valence-corrected chi connectivity index (χ3v) is 4.12. The highest BCUT2D eigenvalue weighted by Gasteiger charge is 2.20. The molecule has 0 aromatic heterocycles. The molecule has 1 fully saturated rings. The number of carbonyl (C=O) groups excluding carboxylic acids is 1. The van der Waals surface area contributed by atoms with Crippen LogP contribution in [0.5, 0.6) is 0 Å². The lowest BCUT2D eigenvalue weighted by Gasteiger charge is -2.13. The molecule has 0 unspecified atom stereocenters. The monoisotopic (exact) mass is 375 g/mol. The molecule has 27 heavy (non-hydrogen) atoms. The van der Waals surface area contributed by atoms with Crippen LogP contribution in [0.15, 0.2) is 29.3 Å². The Balaban J connectivity index is 1.62. The molecule has 2 rings (SSSR count). The zero-order valence-electron chi connectivity index (χ0n) is 16.7. The van der Waals surface area contributed by atoms with Gasteiger partial charge in [-0.3, -0.25) is 4.99 Å². The quantitative estimate of drug-likeness (QED) is 0.288. The number of carbonyl (C=O) groups is 1. The number of anilines is 1. The van der Waals surface area contributed by atoms with E-state index in [9.17, 15) is 4.79 Å². The van der Waals surface area contributed by atoms with Gasteiger partial charge >= 0.3 is 6.03 Å². The molecule has 1 saturated carbocycles. The Kier molecular flexibility index (Phi) is 8.91. The van der Waals surface area contributed by atoms with Crippen LogP contribution in [0.3, 0.4) is 0 Å². The van der Waals surface area contributed by atoms with Crippen LogP contribution in [0.25, 0.3) is 0 Å². The van der Waals surface area contributed by atoms with Crippen molar-refractivity contribution in [3.63, 3.8) is 0 Å². The number of ether oxygens (including phenoxy) is 1. The normalized spacial score (nSPS) is 14.1. The molecule has 0 aliphatic heterocycles. The molecule has 150 valence electrons. The van der Waals surface area contributed by atoms with E-state index in [1.54, 1.807) is 7.05 Å². The number of hydrogen-bond donors (Lipinski definition) is 4. The van der Waals surface area contributed by atoms with Gasteiger partial charge < -0.3 is 26.0 Å². The second kappa shape index (κ2) is 11.4. The summed E-state index contributed by atoms with van der Waals surface area (Å²) in [6, 6.07) is 7.67. The van der Waals surface area contributed by atoms with Crippen molar-refractivity contribution in [3.05, 3.63) is 29.8 Å². The van der Waals surface area contributed by atoms with Crippen molar-refractivity contribution >= 4 is 17.7 Å². The van der Waals surface area contributed by atoms with Crippen LogP contribution in [-0.4, -0.2) is 44.8 Å². The fourth-order valence-electron chi connectivity index (χ4n) is 2.46. The second-order valence-electron chi connectivity index (χ2n) is 7.17. The van der Waals surface area contributed by atoms with Gasteiger partial charge in [-0.2, -0.15) is 0 Å². The molecule has 7 heteroatoms. The summed E-state index contributed by atoms with van der Waals surface area (Å²) in [6.45, 7) is 7.05. The Labute approximate surface area is 162 Å². The molecule has 1 aliphatic carbocycles. The van der Waals surface area contributed by atoms with Crippen molar-refractivity contribution in [2.24, 2.45) is 10.9 Å². The van der Waals surface area contributed by atoms with Crippen LogP contribution in [0.1, 0.15) is 38.7 Å². The summed E-state index contributed by atoms with van der Waals surface area (Å²) in [5.74, 6) is 1.59. The van der Waals surface area contributed by atoms with Crippen LogP contribution < -0.4 is 21.3 Å². The van der Waals surface area contributed by atoms with Crippen LogP contribution >= 0.6 is 0 Å². The van der Waals surface area contributed by atoms with Crippen LogP contribution in [-0.2, 0) is 11.3 Å². The molecule has 2 amide bonds. The number of urea groups is 1. The lowest BCUT2D eigenvalue weighted by Crippen LogP contribution is -2.37. The molecule has 7 nitrogen and oxygen atoms in total. The SMILES string of the molecule is CN=C(NCCCOCC1CC1)NCc1ccc(NC(=O)NC(C)C)cc1. The average Bonchev–Trinajstić information content (AvgIpc) is 3.45. The van der Waals surface area contributed by atoms with Crippen LogP contribution in [0.4, 0.5) is 10.5 Å². The number of nitrogens with zero attached hydrogens (tertiary/aromatic N) is 1. The lowest BCUT2D eigenvalue weighted by atomic mass is 10.2. The van der Waals surface area contributed by atoms with Crippen molar-refractivity contribution < 1.29 is 9.53 Å². The molecule has 1 aromatic rings. The van der Waals surface area contributed by atoms with Gasteiger partial charge in [-0.25, -0.2) is 4.79 Å². The van der Waals surface area contributed by atoms with Gasteiger partial charge in [0.05, 0.1) is 0 Å². The molecular weight excluding hydrogens is 342 g/mol. The van der Waals surface area contributed by atoms with E-state index in [2.05, 4.69) is 26.3 Å². The number of guanidine groups is 1. The van der Waals surface area contributed by atoms with E-state index in [0.29, 0.717) is 6.54 Å². The Morgan fingerprint density at radius 3 is 2.59 bits per heavy atom. The van der Waals surface area contributed by atoms with Gasteiger partial charge in [-0.15, -0.1) is 0 Å². The van der Waals surface area contributed by atoms with E-state index in [0.717, 1.165) is 49.3 Å². The summed E-state index contributed by atoms with van der Waals surface area (Å²) in [6.07, 6.45) is 3.63. The minimum atomic E-state index is -0.193. The lowest BCUT2D eigenvalue weighted by molar-refractivity contribution is 0.123. The molecule has 0 atom stereocenters. The number of amides is 2. The highest BCUT2D eigenvalue weighted by molar-refractivity contribution is 5.89. The van der Waals surface area contributed by atoms with E-state index in [-0.39, 0.29) is 12.1 Å². The zero-order valence-corrected chi connectivity index (χ0v) is 16.7. The third-order valence-electron chi connectivity index (χ3n) is 4.12. The van der Waals surface area contributed by atoms with Gasteiger partial charge in [-0.05, 0) is 56.7 Å². The number of hydrogen-bond acceptors (Lipinski definition) is 3. The van der Waals surface area contributed by atoms with Gasteiger partial charge in [0.15, 0.2) is 5.96 Å². The predicted octanol–water partition coefficient (Wildman–Crippen LogP) is 2.70. The first-order valence-electron chi connectivity index (χ1n) is 9.75. The predicted molar refractivity (Wildman–Crippen MR) is 110 cm³/mol. The average molecular weight is 376 g/mol. The van der Waals surface area contributed by atoms with Crippen molar-refractivity contribution in [2.75, 3.05) is 32.1 Å². The molecule has 0 heterocycles. The first-order valence-corrected chi connectivity index (χ1v) is 9.75. The molecule has 0 radical (unpaired) electrons. The van der Waals surface area contributed by atoms with Crippen LogP contribution in [0.2, 0.25) is 0 Å². The minimum Gasteiger partial charge on any atom is -0.381 e. The first kappa shape index (κ1) is 21.0. The Bertz CT molecular complexity index is 597. The molecule has 0 saturated heterocycles. The summed E-state index contributed by atoms with van der Waals surface area (Å²) in [4.78, 5) is 15.9. The van der Waals surface area contributed by atoms with Gasteiger partial charge in [0.1, 0.15) is 0 Å². The third kappa shape index (κ3) is 9.28. The summed E-state index contributed by atoms with van der Waals surface area (Å²) in [5, 5.41) is 12.2. The molecule has 1 aliphatic rings. The highest BCUT2D eigenvalue weighted by atomic mass is 16.5. The largest absolute Gasteiger partial charge is 0.381 e. The maximum Gasteiger partial charge on any atom is 0.319 e. The molecule has 0 spiro atoms. The summed E-state index contributed by atoms with van der Waals surface area (Å²) in [5.41, 5.74) is 1.88. The Morgan fingerprint density at radius 1 is 1.22 bits per heavy atom. The number of rotatable bonds is 10. The number of aliphatic imine (C=N–C) groups is 1. The molecular formula is C20H33N5O2. The molecule has 4 N–H and O–H groups in total. The van der Waals surface area contributed by atoms with Crippen molar-refractivity contribution in [3.8, 4) is 0 Å². The van der Waals surface area contributed by atoms with E-state index in [1.165, 1.54) is 12.8 Å². The standard InChI is InChI=1S/C20H33N5O2/c1-15(2)24-20(26)25-18-9-7-16(8-10-18)13-23-19(21-3)22-11-4-12-27-14-17-5-6-17/h7-10,15,17H,4-6,11-14H2,1-3H3,(H2,21,22,23)(H2,24,25,26). The van der Waals surface area contributed by atoms with E-state index in [4.69, 9.17) is 4.74 Å². The summed E-state index contributed by atoms with van der Waals surface area (Å²) < 4.78 is 5.63. The Hall–Kier alpha value is -2.28. The van der Waals surface area contributed by atoms with Crippen molar-refractivity contribution in [1.29, 1.82) is 0 Å². The van der Waals surface area contributed by atoms with Crippen LogP contribution in [0, 0.1) is 5.92 Å². The van der Waals surface area contributed by atoms with Gasteiger partial charge in [0, 0.05) is 45.1 Å². The Morgan fingerprint density at radius 2 is 1.96 bits per heavy atom. The van der Waals surface area contributed by atoms with Crippen molar-refractivity contribution in [1.82, 2.24) is 16.0 Å². The maximum absolute atomic E-state index is 11.7. The zero-order chi connectivity index (χ0) is 19.5. The molecule has 0 bridgehead atoms. The van der Waals surface area contributed by atoms with E-state index < -0.39 is 0 Å². The minimum absolute atomic E-state index is 0.109. The van der Waals surface area contributed by atoms with Crippen molar-refractivity contribution in [2.45, 2.75) is 45.7 Å². The maximum atomic E-state index is 11.7. The van der Waals surface area contributed by atoms with E-state index >= 15 is 0 Å². The highest BCUT2D eigenvalue weighted by Crippen LogP contribution is 2.28. The smallest absolute Gasteiger partial charge is 0.319 e. The topological polar surface area (TPSA) is 86.8 Å². The summed E-state index contributed by atoms with van der Waals surface area (Å²) >= 11 is 0. The number of nitrogens with one attached hydrogen (secondary N) is 4. The first-order chi connectivity index (χ1) is 13.1. The molecule has 1 aromatic carbocycles. The number of benzene rings is 1. The van der Waals surface area contributed by atoms with Gasteiger partial charge in [0.2, 0.25) is 0 Å². The van der Waals surface area contributed by atoms with Gasteiger partial charge in [0.25, 0.3) is 0 Å². The van der Waals surface area contributed by atoms with E-state index in [1.807, 2.05) is 38.1 Å². The fraction of sp³-hybridized carbons (Fsp3) is 0.600. The summed E-state index contributed by atoms with van der Waals surface area (Å²) in [7, 11) is 1.76. The second-order valence-corrected chi connectivity index (χ2v) is 7.17.